The summed E-state index contributed by atoms with van der Waals surface area (Å²) in [5, 5.41) is 4.73. The van der Waals surface area contributed by atoms with Crippen LogP contribution >= 0.6 is 23.2 Å². The van der Waals surface area contributed by atoms with E-state index >= 15 is 0 Å². The number of sulfonamides is 1. The van der Waals surface area contributed by atoms with Crippen LogP contribution in [0.1, 0.15) is 10.4 Å². The van der Waals surface area contributed by atoms with E-state index in [1.54, 1.807) is 0 Å². The van der Waals surface area contributed by atoms with E-state index in [9.17, 15) is 13.2 Å². The maximum Gasteiger partial charge on any atom is 0.339 e. The Morgan fingerprint density at radius 1 is 1.38 bits per heavy atom. The predicted octanol–water partition coefficient (Wildman–Crippen LogP) is 1.43. The van der Waals surface area contributed by atoms with Gasteiger partial charge in [0.15, 0.2) is 0 Å². The summed E-state index contributed by atoms with van der Waals surface area (Å²) in [5.41, 5.74) is -0.152. The maximum atomic E-state index is 11.3. The summed E-state index contributed by atoms with van der Waals surface area (Å²) < 4.78 is 26.6. The lowest BCUT2D eigenvalue weighted by Gasteiger charge is -2.06. The van der Waals surface area contributed by atoms with Crippen LogP contribution in [0.3, 0.4) is 0 Å². The van der Waals surface area contributed by atoms with Crippen LogP contribution in [0.25, 0.3) is 0 Å². The van der Waals surface area contributed by atoms with Crippen molar-refractivity contribution >= 4 is 39.2 Å². The molecule has 2 N–H and O–H groups in total. The number of benzene rings is 1. The van der Waals surface area contributed by atoms with Gasteiger partial charge in [-0.25, -0.2) is 18.4 Å². The molecule has 0 aliphatic carbocycles. The van der Waals surface area contributed by atoms with Gasteiger partial charge < -0.3 is 4.74 Å². The Kier molecular flexibility index (Phi) is 3.80. The third-order valence-electron chi connectivity index (χ3n) is 1.74. The molecule has 0 bridgehead atoms. The van der Waals surface area contributed by atoms with Gasteiger partial charge in [0.2, 0.25) is 10.0 Å². The molecular weight excluding hydrogens is 277 g/mol. The number of methoxy groups -OCH3 is 1. The molecule has 5 nitrogen and oxygen atoms in total. The molecule has 1 aromatic carbocycles. The van der Waals surface area contributed by atoms with Crippen LogP contribution in [-0.2, 0) is 14.8 Å². The largest absolute Gasteiger partial charge is 0.465 e. The highest BCUT2D eigenvalue weighted by Crippen LogP contribution is 2.29. The third-order valence-corrected chi connectivity index (χ3v) is 3.43. The number of carbonyl (C=O) groups excluding carboxylic acids is 1. The van der Waals surface area contributed by atoms with Gasteiger partial charge in [-0.2, -0.15) is 0 Å². The molecule has 8 heteroatoms. The second kappa shape index (κ2) is 4.58. The van der Waals surface area contributed by atoms with E-state index in [-0.39, 0.29) is 20.5 Å². The molecule has 1 aromatic rings. The van der Waals surface area contributed by atoms with Crippen LogP contribution < -0.4 is 5.14 Å². The zero-order chi connectivity index (χ0) is 12.5. The Labute approximate surface area is 102 Å². The van der Waals surface area contributed by atoms with Gasteiger partial charge in [0.1, 0.15) is 0 Å². The van der Waals surface area contributed by atoms with E-state index in [1.807, 2.05) is 0 Å². The summed E-state index contributed by atoms with van der Waals surface area (Å²) in [7, 11) is -2.82. The number of carbonyl (C=O) groups is 1. The van der Waals surface area contributed by atoms with Gasteiger partial charge >= 0.3 is 5.97 Å². The van der Waals surface area contributed by atoms with Crippen molar-refractivity contribution in [1.82, 2.24) is 0 Å². The summed E-state index contributed by atoms with van der Waals surface area (Å²) in [6.45, 7) is 0. The van der Waals surface area contributed by atoms with E-state index in [2.05, 4.69) is 4.74 Å². The summed E-state index contributed by atoms with van der Waals surface area (Å²) in [6.07, 6.45) is 0. The molecule has 0 saturated carbocycles. The number of halogens is 2. The molecule has 0 saturated heterocycles. The standard InChI is InChI=1S/C8H7Cl2NO4S/c1-15-8(12)5-2-4(16(11,13)14)3-6(9)7(5)10/h2-3H,1H3,(H2,11,13,14). The number of nitrogens with two attached hydrogens (primary N) is 1. The van der Waals surface area contributed by atoms with Crippen LogP contribution in [0.4, 0.5) is 0 Å². The lowest BCUT2D eigenvalue weighted by Crippen LogP contribution is -2.14. The zero-order valence-corrected chi connectivity index (χ0v) is 10.4. The Morgan fingerprint density at radius 2 is 1.94 bits per heavy atom. The van der Waals surface area contributed by atoms with E-state index in [0.29, 0.717) is 0 Å². The number of hydrogen-bond acceptors (Lipinski definition) is 4. The van der Waals surface area contributed by atoms with Crippen molar-refractivity contribution in [3.05, 3.63) is 27.7 Å². The highest BCUT2D eigenvalue weighted by atomic mass is 35.5. The Hall–Kier alpha value is -0.820. The normalized spacial score (nSPS) is 11.2. The van der Waals surface area contributed by atoms with E-state index < -0.39 is 16.0 Å². The second-order valence-electron chi connectivity index (χ2n) is 2.80. The third kappa shape index (κ3) is 2.65. The summed E-state index contributed by atoms with van der Waals surface area (Å²) in [6, 6.07) is 2.07. The molecule has 0 spiro atoms. The Bertz CT molecular complexity index is 541. The number of ether oxygens (including phenoxy) is 1. The molecule has 0 aromatic heterocycles. The fourth-order valence-corrected chi connectivity index (χ4v) is 2.02. The van der Waals surface area contributed by atoms with Gasteiger partial charge in [0.25, 0.3) is 0 Å². The minimum Gasteiger partial charge on any atom is -0.465 e. The fourth-order valence-electron chi connectivity index (χ4n) is 0.987. The first kappa shape index (κ1) is 13.2. The van der Waals surface area contributed by atoms with Crippen molar-refractivity contribution < 1.29 is 17.9 Å². The first-order valence-corrected chi connectivity index (χ1v) is 6.17. The second-order valence-corrected chi connectivity index (χ2v) is 5.15. The van der Waals surface area contributed by atoms with Gasteiger partial charge in [0.05, 0.1) is 27.6 Å². The Balaban J connectivity index is 3.51. The van der Waals surface area contributed by atoms with Gasteiger partial charge in [-0.3, -0.25) is 0 Å². The lowest BCUT2D eigenvalue weighted by atomic mass is 10.2. The number of esters is 1. The monoisotopic (exact) mass is 283 g/mol. The minimum atomic E-state index is -3.96. The average molecular weight is 284 g/mol. The number of rotatable bonds is 2. The van der Waals surface area contributed by atoms with Crippen LogP contribution in [0.2, 0.25) is 10.0 Å². The van der Waals surface area contributed by atoms with Crippen LogP contribution in [0.15, 0.2) is 17.0 Å². The van der Waals surface area contributed by atoms with Crippen LogP contribution in [0, 0.1) is 0 Å². The summed E-state index contributed by atoms with van der Waals surface area (Å²) >= 11 is 11.4. The number of primary sulfonamides is 1. The van der Waals surface area contributed by atoms with E-state index in [4.69, 9.17) is 28.3 Å². The fraction of sp³-hybridized carbons (Fsp3) is 0.125. The smallest absolute Gasteiger partial charge is 0.339 e. The minimum absolute atomic E-state index is 0.0825. The van der Waals surface area contributed by atoms with Crippen molar-refractivity contribution in [3.8, 4) is 0 Å². The topological polar surface area (TPSA) is 86.5 Å². The molecule has 0 aliphatic rings. The van der Waals surface area contributed by atoms with E-state index in [1.165, 1.54) is 0 Å². The van der Waals surface area contributed by atoms with Crippen LogP contribution in [-0.4, -0.2) is 21.5 Å². The molecule has 88 valence electrons. The molecule has 0 aliphatic heterocycles. The van der Waals surface area contributed by atoms with Gasteiger partial charge in [0, 0.05) is 0 Å². The molecule has 0 heterocycles. The molecule has 1 rings (SSSR count). The Morgan fingerprint density at radius 3 is 2.38 bits per heavy atom. The number of hydrogen-bond donors (Lipinski definition) is 1. The molecule has 0 amide bonds. The van der Waals surface area contributed by atoms with Crippen molar-refractivity contribution in [2.75, 3.05) is 7.11 Å². The summed E-state index contributed by atoms with van der Waals surface area (Å²) in [4.78, 5) is 11.0. The zero-order valence-electron chi connectivity index (χ0n) is 8.03. The van der Waals surface area contributed by atoms with Crippen LogP contribution in [0.5, 0.6) is 0 Å². The molecule has 0 fully saturated rings. The first-order chi connectivity index (χ1) is 7.27. The van der Waals surface area contributed by atoms with Crippen molar-refractivity contribution in [2.45, 2.75) is 4.90 Å². The summed E-state index contributed by atoms with van der Waals surface area (Å²) in [5.74, 6) is -0.794. The van der Waals surface area contributed by atoms with Gasteiger partial charge in [-0.1, -0.05) is 23.2 Å². The maximum absolute atomic E-state index is 11.3. The first-order valence-electron chi connectivity index (χ1n) is 3.87. The van der Waals surface area contributed by atoms with Gasteiger partial charge in [-0.05, 0) is 12.1 Å². The quantitative estimate of drug-likeness (QED) is 0.832. The molecule has 16 heavy (non-hydrogen) atoms. The molecular formula is C8H7Cl2NO4S. The SMILES string of the molecule is COC(=O)c1cc(S(N)(=O)=O)cc(Cl)c1Cl. The highest BCUT2D eigenvalue weighted by molar-refractivity contribution is 7.89. The predicted molar refractivity (Wildman–Crippen MR) is 59.2 cm³/mol. The molecule has 0 radical (unpaired) electrons. The molecule has 0 atom stereocenters. The lowest BCUT2D eigenvalue weighted by molar-refractivity contribution is 0.0600. The van der Waals surface area contributed by atoms with Crippen molar-refractivity contribution in [1.29, 1.82) is 0 Å². The molecule has 0 unspecified atom stereocenters. The van der Waals surface area contributed by atoms with Crippen molar-refractivity contribution in [2.24, 2.45) is 5.14 Å². The van der Waals surface area contributed by atoms with Crippen molar-refractivity contribution in [3.63, 3.8) is 0 Å². The highest BCUT2D eigenvalue weighted by Gasteiger charge is 2.19. The average Bonchev–Trinajstić information content (AvgIpc) is 2.19. The van der Waals surface area contributed by atoms with Gasteiger partial charge in [-0.15, -0.1) is 0 Å². The van der Waals surface area contributed by atoms with E-state index in [0.717, 1.165) is 19.2 Å².